The Labute approximate surface area is 170 Å². The number of esters is 1. The molecule has 1 aromatic carbocycles. The molecular weight excluding hydrogens is 398 g/mol. The van der Waals surface area contributed by atoms with Crippen LogP contribution in [0, 0.1) is 0 Å². The first-order valence-corrected chi connectivity index (χ1v) is 11.1. The second-order valence-corrected chi connectivity index (χ2v) is 8.76. The molecule has 0 spiro atoms. The molecule has 9 nitrogen and oxygen atoms in total. The van der Waals surface area contributed by atoms with E-state index < -0.39 is 34.5 Å². The number of hydrogen-bond donors (Lipinski definition) is 2. The summed E-state index contributed by atoms with van der Waals surface area (Å²) in [5.41, 5.74) is 0.0129. The average molecular weight is 426 g/mol. The molecule has 10 heteroatoms. The molecular formula is C19H27N3O6S. The van der Waals surface area contributed by atoms with E-state index in [0.29, 0.717) is 19.5 Å². The minimum absolute atomic E-state index is 0.00379. The van der Waals surface area contributed by atoms with Crippen molar-refractivity contribution in [3.63, 3.8) is 0 Å². The lowest BCUT2D eigenvalue weighted by Gasteiger charge is -2.32. The summed E-state index contributed by atoms with van der Waals surface area (Å²) in [6.07, 6.45) is 3.29. The Hall–Kier alpha value is -2.46. The third-order valence-corrected chi connectivity index (χ3v) is 6.55. The minimum atomic E-state index is -3.73. The number of carbonyl (C=O) groups is 3. The average Bonchev–Trinajstić information content (AvgIpc) is 2.70. The van der Waals surface area contributed by atoms with Crippen LogP contribution in [0.2, 0.25) is 0 Å². The molecule has 0 saturated carbocycles. The Morgan fingerprint density at radius 3 is 2.69 bits per heavy atom. The maximum atomic E-state index is 12.9. The quantitative estimate of drug-likeness (QED) is 0.641. The highest BCUT2D eigenvalue weighted by Gasteiger charge is 2.31. The molecule has 1 atom stereocenters. The van der Waals surface area contributed by atoms with Crippen LogP contribution in [0.3, 0.4) is 0 Å². The number of sulfonamides is 1. The Morgan fingerprint density at radius 1 is 1.24 bits per heavy atom. The van der Waals surface area contributed by atoms with Crippen molar-refractivity contribution in [1.82, 2.24) is 14.9 Å². The summed E-state index contributed by atoms with van der Waals surface area (Å²) in [5.74, 6) is -1.63. The molecule has 0 aromatic heterocycles. The normalized spacial score (nSPS) is 17.4. The van der Waals surface area contributed by atoms with Crippen LogP contribution in [0.5, 0.6) is 0 Å². The first kappa shape index (κ1) is 22.8. The van der Waals surface area contributed by atoms with Crippen LogP contribution in [0.15, 0.2) is 29.2 Å². The minimum Gasteiger partial charge on any atom is -0.452 e. The van der Waals surface area contributed by atoms with Gasteiger partial charge in [0.25, 0.3) is 5.91 Å². The lowest BCUT2D eigenvalue weighted by Crippen LogP contribution is -2.42. The highest BCUT2D eigenvalue weighted by molar-refractivity contribution is 7.89. The fourth-order valence-corrected chi connectivity index (χ4v) is 4.75. The van der Waals surface area contributed by atoms with Gasteiger partial charge < -0.3 is 10.1 Å². The molecule has 160 valence electrons. The van der Waals surface area contributed by atoms with Crippen molar-refractivity contribution in [1.29, 1.82) is 0 Å². The lowest BCUT2D eigenvalue weighted by atomic mass is 10.1. The van der Waals surface area contributed by atoms with E-state index in [4.69, 9.17) is 4.74 Å². The van der Waals surface area contributed by atoms with E-state index in [2.05, 4.69) is 5.32 Å². The molecule has 1 fully saturated rings. The van der Waals surface area contributed by atoms with Crippen LogP contribution in [-0.4, -0.2) is 56.4 Å². The van der Waals surface area contributed by atoms with E-state index in [1.807, 2.05) is 19.2 Å². The Bertz CT molecular complexity index is 855. The van der Waals surface area contributed by atoms with Gasteiger partial charge in [0.05, 0.1) is 10.5 Å². The molecule has 1 heterocycles. The Kier molecular flexibility index (Phi) is 8.15. The second-order valence-electron chi connectivity index (χ2n) is 6.87. The van der Waals surface area contributed by atoms with Gasteiger partial charge in [-0.1, -0.05) is 19.4 Å². The highest BCUT2D eigenvalue weighted by Crippen LogP contribution is 2.25. The van der Waals surface area contributed by atoms with Crippen molar-refractivity contribution in [2.75, 3.05) is 19.7 Å². The van der Waals surface area contributed by atoms with Gasteiger partial charge >= 0.3 is 12.0 Å². The molecule has 1 aliphatic heterocycles. The van der Waals surface area contributed by atoms with Crippen LogP contribution in [0.1, 0.15) is 49.9 Å². The monoisotopic (exact) mass is 425 g/mol. The number of ether oxygens (including phenoxy) is 1. The zero-order valence-corrected chi connectivity index (χ0v) is 17.5. The van der Waals surface area contributed by atoms with Gasteiger partial charge in [-0.3, -0.25) is 10.1 Å². The van der Waals surface area contributed by atoms with E-state index in [-0.39, 0.29) is 16.5 Å². The molecule has 0 aliphatic carbocycles. The maximum absolute atomic E-state index is 12.9. The van der Waals surface area contributed by atoms with Crippen molar-refractivity contribution in [2.24, 2.45) is 0 Å². The van der Waals surface area contributed by atoms with E-state index in [1.54, 1.807) is 0 Å². The first-order chi connectivity index (χ1) is 13.8. The van der Waals surface area contributed by atoms with Crippen LogP contribution in [0.25, 0.3) is 0 Å². The number of amides is 3. The molecule has 1 aliphatic rings. The zero-order valence-electron chi connectivity index (χ0n) is 16.6. The molecule has 3 amide bonds. The van der Waals surface area contributed by atoms with Crippen molar-refractivity contribution >= 4 is 27.9 Å². The van der Waals surface area contributed by atoms with Gasteiger partial charge in [0.15, 0.2) is 6.61 Å². The third-order valence-electron chi connectivity index (χ3n) is 4.54. The number of carbonyl (C=O) groups excluding carboxylic acids is 3. The molecule has 0 unspecified atom stereocenters. The number of rotatable bonds is 7. The fourth-order valence-electron chi connectivity index (χ4n) is 3.01. The van der Waals surface area contributed by atoms with E-state index >= 15 is 0 Å². The van der Waals surface area contributed by atoms with Crippen molar-refractivity contribution in [2.45, 2.75) is 50.5 Å². The van der Waals surface area contributed by atoms with Gasteiger partial charge in [0, 0.05) is 19.1 Å². The molecule has 2 rings (SSSR count). The van der Waals surface area contributed by atoms with E-state index in [9.17, 15) is 22.8 Å². The van der Waals surface area contributed by atoms with Crippen molar-refractivity contribution in [3.8, 4) is 0 Å². The van der Waals surface area contributed by atoms with Gasteiger partial charge in [-0.15, -0.1) is 0 Å². The van der Waals surface area contributed by atoms with Crippen molar-refractivity contribution < 1.29 is 27.5 Å². The van der Waals surface area contributed by atoms with Crippen LogP contribution in [-0.2, 0) is 19.6 Å². The Balaban J connectivity index is 2.00. The molecule has 2 N–H and O–H groups in total. The van der Waals surface area contributed by atoms with Gasteiger partial charge in [-0.2, -0.15) is 4.31 Å². The van der Waals surface area contributed by atoms with Gasteiger partial charge in [0.1, 0.15) is 0 Å². The zero-order chi connectivity index (χ0) is 21.4. The summed E-state index contributed by atoms with van der Waals surface area (Å²) < 4.78 is 32.2. The predicted molar refractivity (Wildman–Crippen MR) is 106 cm³/mol. The van der Waals surface area contributed by atoms with Crippen LogP contribution >= 0.6 is 0 Å². The smallest absolute Gasteiger partial charge is 0.338 e. The summed E-state index contributed by atoms with van der Waals surface area (Å²) in [7, 11) is -3.73. The fraction of sp³-hybridized carbons (Fsp3) is 0.526. The Morgan fingerprint density at radius 2 is 2.00 bits per heavy atom. The topological polar surface area (TPSA) is 122 Å². The molecule has 1 saturated heterocycles. The van der Waals surface area contributed by atoms with E-state index in [1.165, 1.54) is 28.6 Å². The van der Waals surface area contributed by atoms with E-state index in [0.717, 1.165) is 19.3 Å². The SMILES string of the molecule is CCCNC(=O)NC(=O)COC(=O)c1cccc(S(=O)(=O)N2CCCC[C@H]2C)c1. The summed E-state index contributed by atoms with van der Waals surface area (Å²) in [5, 5.41) is 4.49. The number of benzene rings is 1. The van der Waals surface area contributed by atoms with Gasteiger partial charge in [0.2, 0.25) is 10.0 Å². The largest absolute Gasteiger partial charge is 0.452 e. The second kappa shape index (κ2) is 10.4. The molecule has 0 bridgehead atoms. The summed E-state index contributed by atoms with van der Waals surface area (Å²) in [4.78, 5) is 35.3. The number of nitrogens with zero attached hydrogens (tertiary/aromatic N) is 1. The van der Waals surface area contributed by atoms with Gasteiger partial charge in [-0.25, -0.2) is 18.0 Å². The number of hydrogen-bond acceptors (Lipinski definition) is 6. The molecule has 0 radical (unpaired) electrons. The summed E-state index contributed by atoms with van der Waals surface area (Å²) in [6.45, 7) is 3.93. The van der Waals surface area contributed by atoms with Crippen molar-refractivity contribution in [3.05, 3.63) is 29.8 Å². The number of nitrogens with one attached hydrogen (secondary N) is 2. The number of urea groups is 1. The first-order valence-electron chi connectivity index (χ1n) is 9.62. The number of imide groups is 1. The number of piperidine rings is 1. The molecule has 29 heavy (non-hydrogen) atoms. The third kappa shape index (κ3) is 6.26. The lowest BCUT2D eigenvalue weighted by molar-refractivity contribution is -0.123. The van der Waals surface area contributed by atoms with Crippen LogP contribution in [0.4, 0.5) is 4.79 Å². The highest BCUT2D eigenvalue weighted by atomic mass is 32.2. The standard InChI is InChI=1S/C19H27N3O6S/c1-3-10-20-19(25)21-17(23)13-28-18(24)15-8-6-9-16(12-15)29(26,27)22-11-5-4-7-14(22)2/h6,8-9,12,14H,3-5,7,10-11,13H2,1-2H3,(H2,20,21,23,25)/t14-/m1/s1. The van der Waals surface area contributed by atoms with Gasteiger partial charge in [-0.05, 0) is 44.4 Å². The van der Waals surface area contributed by atoms with Crippen LogP contribution < -0.4 is 10.6 Å². The predicted octanol–water partition coefficient (Wildman–Crippen LogP) is 1.64. The molecule has 1 aromatic rings. The maximum Gasteiger partial charge on any atom is 0.338 e. The summed E-state index contributed by atoms with van der Waals surface area (Å²) in [6, 6.07) is 4.76. The summed E-state index contributed by atoms with van der Waals surface area (Å²) >= 11 is 0.